The molecule has 0 saturated heterocycles. The lowest BCUT2D eigenvalue weighted by Gasteiger charge is -2.00. The molecule has 0 saturated carbocycles. The van der Waals surface area contributed by atoms with Gasteiger partial charge in [0.05, 0.1) is 0 Å². The number of halogens is 1. The SMILES string of the molecule is O=Nc1oc2ccccc2c1NOCI. The molecule has 1 heterocycles. The Morgan fingerprint density at radius 1 is 1.47 bits per heavy atom. The number of alkyl halides is 1. The van der Waals surface area contributed by atoms with Gasteiger partial charge >= 0.3 is 0 Å². The van der Waals surface area contributed by atoms with Gasteiger partial charge in [-0.05, 0) is 12.1 Å². The molecule has 1 aromatic heterocycles. The summed E-state index contributed by atoms with van der Waals surface area (Å²) in [5, 5.41) is 3.57. The minimum atomic E-state index is 0.000972. The molecule has 6 heteroatoms. The van der Waals surface area contributed by atoms with Gasteiger partial charge in [0.25, 0.3) is 5.88 Å². The monoisotopic (exact) mass is 318 g/mol. The van der Waals surface area contributed by atoms with Gasteiger partial charge in [0, 0.05) is 10.6 Å². The molecular weight excluding hydrogens is 311 g/mol. The zero-order chi connectivity index (χ0) is 10.7. The quantitative estimate of drug-likeness (QED) is 0.405. The van der Waals surface area contributed by atoms with Gasteiger partial charge in [0.15, 0.2) is 0 Å². The van der Waals surface area contributed by atoms with Crippen molar-refractivity contribution in [1.29, 1.82) is 0 Å². The van der Waals surface area contributed by atoms with Crippen molar-refractivity contribution in [3.63, 3.8) is 0 Å². The Hall–Kier alpha value is -1.15. The van der Waals surface area contributed by atoms with Crippen LogP contribution in [-0.4, -0.2) is 4.61 Å². The number of para-hydroxylation sites is 1. The maximum atomic E-state index is 10.5. The molecule has 2 aromatic rings. The minimum absolute atomic E-state index is 0.000972. The van der Waals surface area contributed by atoms with Crippen LogP contribution in [-0.2, 0) is 4.84 Å². The molecule has 0 aliphatic rings. The van der Waals surface area contributed by atoms with Crippen LogP contribution in [0.4, 0.5) is 11.6 Å². The average molecular weight is 318 g/mol. The van der Waals surface area contributed by atoms with Crippen LogP contribution < -0.4 is 5.48 Å². The number of hydrogen-bond acceptors (Lipinski definition) is 5. The summed E-state index contributed by atoms with van der Waals surface area (Å²) in [5.41, 5.74) is 3.71. The van der Waals surface area contributed by atoms with Gasteiger partial charge in [-0.1, -0.05) is 34.7 Å². The topological polar surface area (TPSA) is 63.8 Å². The first kappa shape index (κ1) is 10.4. The van der Waals surface area contributed by atoms with Gasteiger partial charge in [-0.25, -0.2) is 0 Å². The van der Waals surface area contributed by atoms with Gasteiger partial charge in [-0.15, -0.1) is 4.91 Å². The predicted octanol–water partition coefficient (Wildman–Crippen LogP) is 3.57. The zero-order valence-corrected chi connectivity index (χ0v) is 9.72. The van der Waals surface area contributed by atoms with Crippen LogP contribution in [0.2, 0.25) is 0 Å². The van der Waals surface area contributed by atoms with E-state index in [-0.39, 0.29) is 5.88 Å². The van der Waals surface area contributed by atoms with E-state index in [9.17, 15) is 4.91 Å². The van der Waals surface area contributed by atoms with E-state index in [1.54, 1.807) is 6.07 Å². The molecule has 0 aliphatic heterocycles. The third kappa shape index (κ3) is 1.95. The molecule has 0 amide bonds. The molecule has 78 valence electrons. The molecule has 0 radical (unpaired) electrons. The number of nitroso groups, excluding NO2 is 1. The summed E-state index contributed by atoms with van der Waals surface area (Å²) in [7, 11) is 0. The van der Waals surface area contributed by atoms with E-state index in [1.807, 2.05) is 40.8 Å². The number of anilines is 1. The van der Waals surface area contributed by atoms with E-state index in [2.05, 4.69) is 10.7 Å². The number of fused-ring (bicyclic) bond motifs is 1. The molecule has 1 aromatic carbocycles. The summed E-state index contributed by atoms with van der Waals surface area (Å²) in [6.07, 6.45) is 0. The van der Waals surface area contributed by atoms with E-state index in [4.69, 9.17) is 9.25 Å². The maximum absolute atomic E-state index is 10.5. The Balaban J connectivity index is 2.51. The van der Waals surface area contributed by atoms with Crippen molar-refractivity contribution in [3.8, 4) is 0 Å². The average Bonchev–Trinajstić information content (AvgIpc) is 2.64. The molecule has 0 aliphatic carbocycles. The maximum Gasteiger partial charge on any atom is 0.287 e. The molecule has 0 atom stereocenters. The second-order valence-corrected chi connectivity index (χ2v) is 3.35. The lowest BCUT2D eigenvalue weighted by molar-refractivity contribution is 0.262. The summed E-state index contributed by atoms with van der Waals surface area (Å²) in [4.78, 5) is 15.5. The van der Waals surface area contributed by atoms with Gasteiger partial charge in [0.1, 0.15) is 15.9 Å². The van der Waals surface area contributed by atoms with Gasteiger partial charge in [-0.2, -0.15) is 0 Å². The van der Waals surface area contributed by atoms with Crippen molar-refractivity contribution < 1.29 is 9.25 Å². The smallest absolute Gasteiger partial charge is 0.287 e. The van der Waals surface area contributed by atoms with Gasteiger partial charge < -0.3 is 4.42 Å². The van der Waals surface area contributed by atoms with Crippen molar-refractivity contribution >= 4 is 45.1 Å². The Morgan fingerprint density at radius 3 is 3.00 bits per heavy atom. The van der Waals surface area contributed by atoms with Gasteiger partial charge in [0.2, 0.25) is 0 Å². The number of nitrogens with zero attached hydrogens (tertiary/aromatic N) is 1. The summed E-state index contributed by atoms with van der Waals surface area (Å²) >= 11 is 2.04. The molecule has 15 heavy (non-hydrogen) atoms. The van der Waals surface area contributed by atoms with Gasteiger partial charge in [-0.3, -0.25) is 10.3 Å². The fourth-order valence-corrected chi connectivity index (χ4v) is 1.45. The third-order valence-electron chi connectivity index (χ3n) is 1.89. The fraction of sp³-hybridized carbons (Fsp3) is 0.111. The van der Waals surface area contributed by atoms with E-state index in [0.717, 1.165) is 5.39 Å². The minimum Gasteiger partial charge on any atom is -0.434 e. The number of benzene rings is 1. The molecule has 1 N–H and O–H groups in total. The largest absolute Gasteiger partial charge is 0.434 e. The highest BCUT2D eigenvalue weighted by atomic mass is 127. The van der Waals surface area contributed by atoms with Crippen LogP contribution in [0.25, 0.3) is 11.0 Å². The van der Waals surface area contributed by atoms with Crippen LogP contribution in [0.15, 0.2) is 33.9 Å². The fourth-order valence-electron chi connectivity index (χ4n) is 1.29. The van der Waals surface area contributed by atoms with Crippen molar-refractivity contribution in [2.75, 3.05) is 10.1 Å². The van der Waals surface area contributed by atoms with E-state index in [0.29, 0.717) is 15.9 Å². The van der Waals surface area contributed by atoms with Crippen LogP contribution in [0, 0.1) is 4.91 Å². The van der Waals surface area contributed by atoms with Crippen molar-refractivity contribution in [1.82, 2.24) is 0 Å². The molecular formula is C9H7IN2O3. The Labute approximate surface area is 98.8 Å². The van der Waals surface area contributed by atoms with Crippen LogP contribution in [0.3, 0.4) is 0 Å². The molecule has 2 rings (SSSR count). The summed E-state index contributed by atoms with van der Waals surface area (Å²) in [6, 6.07) is 7.26. The lowest BCUT2D eigenvalue weighted by atomic mass is 10.2. The highest BCUT2D eigenvalue weighted by Gasteiger charge is 2.14. The number of hydrogen-bond donors (Lipinski definition) is 1. The highest BCUT2D eigenvalue weighted by molar-refractivity contribution is 14.1. The van der Waals surface area contributed by atoms with E-state index in [1.165, 1.54) is 0 Å². The summed E-state index contributed by atoms with van der Waals surface area (Å²) < 4.78 is 5.68. The highest BCUT2D eigenvalue weighted by Crippen LogP contribution is 2.36. The third-order valence-corrected chi connectivity index (χ3v) is 2.20. The summed E-state index contributed by atoms with van der Waals surface area (Å²) in [5.74, 6) is 0.000972. The Morgan fingerprint density at radius 2 is 2.27 bits per heavy atom. The standard InChI is InChI=1S/C9H7IN2O3/c10-5-14-12-8-6-3-1-2-4-7(6)15-9(8)11-13/h1-4,12H,5H2. The summed E-state index contributed by atoms with van der Waals surface area (Å²) in [6.45, 7) is 0. The second-order valence-electron chi connectivity index (χ2n) is 2.73. The van der Waals surface area contributed by atoms with Crippen LogP contribution in [0.1, 0.15) is 0 Å². The van der Waals surface area contributed by atoms with E-state index >= 15 is 0 Å². The first-order valence-electron chi connectivity index (χ1n) is 4.15. The number of nitrogens with one attached hydrogen (secondary N) is 1. The molecule has 0 bridgehead atoms. The lowest BCUT2D eigenvalue weighted by Crippen LogP contribution is -1.97. The Bertz CT molecular complexity index is 483. The van der Waals surface area contributed by atoms with Crippen LogP contribution in [0.5, 0.6) is 0 Å². The Kier molecular flexibility index (Phi) is 3.17. The molecule has 0 spiro atoms. The van der Waals surface area contributed by atoms with Crippen molar-refractivity contribution in [2.45, 2.75) is 0 Å². The normalized spacial score (nSPS) is 10.5. The second kappa shape index (κ2) is 4.58. The zero-order valence-electron chi connectivity index (χ0n) is 7.57. The van der Waals surface area contributed by atoms with Crippen LogP contribution >= 0.6 is 22.6 Å². The number of rotatable bonds is 4. The predicted molar refractivity (Wildman–Crippen MR) is 65.3 cm³/mol. The first-order chi connectivity index (χ1) is 7.36. The van der Waals surface area contributed by atoms with Crippen molar-refractivity contribution in [3.05, 3.63) is 29.2 Å². The molecule has 0 fully saturated rings. The molecule has 5 nitrogen and oxygen atoms in total. The molecule has 0 unspecified atom stereocenters. The van der Waals surface area contributed by atoms with E-state index < -0.39 is 0 Å². The number of furan rings is 1. The van der Waals surface area contributed by atoms with Crippen molar-refractivity contribution in [2.24, 2.45) is 5.18 Å². The first-order valence-corrected chi connectivity index (χ1v) is 5.68.